The summed E-state index contributed by atoms with van der Waals surface area (Å²) in [6.07, 6.45) is 0.784. The van der Waals surface area contributed by atoms with Gasteiger partial charge in [0.2, 0.25) is 5.91 Å². The zero-order valence-electron chi connectivity index (χ0n) is 20.3. The Morgan fingerprint density at radius 3 is 2.44 bits per heavy atom. The van der Waals surface area contributed by atoms with E-state index in [9.17, 15) is 9.59 Å². The number of nitrogens with two attached hydrogens (primary N) is 1. The van der Waals surface area contributed by atoms with Gasteiger partial charge in [-0.15, -0.1) is 0 Å². The summed E-state index contributed by atoms with van der Waals surface area (Å²) in [5.74, 6) is 1.27. The van der Waals surface area contributed by atoms with Gasteiger partial charge in [0.25, 0.3) is 5.56 Å². The monoisotopic (exact) mass is 484 g/mol. The normalized spacial score (nSPS) is 15.4. The fourth-order valence-corrected chi connectivity index (χ4v) is 5.03. The standard InChI is InChI=1S/C28H28N4O4/c1-35-23-14-19-12-13-31(27(18-8-4-3-5-9-18)21(19)15-24(23)36-2)17-26-30-22-11-7-6-10-20(22)28(34)32(26)16-25(29)33/h3-11,14-15,27H,12-13,16-17H2,1-2H3,(H2,29,33)/t27-/m1/s1. The first-order chi connectivity index (χ1) is 17.5. The van der Waals surface area contributed by atoms with E-state index >= 15 is 0 Å². The Balaban J connectivity index is 1.64. The van der Waals surface area contributed by atoms with E-state index in [1.54, 1.807) is 26.4 Å². The third-order valence-corrected chi connectivity index (χ3v) is 6.69. The van der Waals surface area contributed by atoms with E-state index in [-0.39, 0.29) is 18.1 Å². The van der Waals surface area contributed by atoms with E-state index in [0.29, 0.717) is 34.8 Å². The number of benzene rings is 3. The number of nitrogens with zero attached hydrogens (tertiary/aromatic N) is 3. The molecule has 4 aromatic rings. The average molecular weight is 485 g/mol. The third-order valence-electron chi connectivity index (χ3n) is 6.69. The van der Waals surface area contributed by atoms with Crippen molar-refractivity contribution in [3.63, 3.8) is 0 Å². The zero-order valence-corrected chi connectivity index (χ0v) is 20.3. The second kappa shape index (κ2) is 9.83. The van der Waals surface area contributed by atoms with Crippen molar-refractivity contribution in [3.05, 3.63) is 99.6 Å². The molecule has 1 atom stereocenters. The highest BCUT2D eigenvalue weighted by atomic mass is 16.5. The summed E-state index contributed by atoms with van der Waals surface area (Å²) in [5, 5.41) is 0.461. The first-order valence-electron chi connectivity index (χ1n) is 11.8. The molecule has 184 valence electrons. The molecule has 36 heavy (non-hydrogen) atoms. The SMILES string of the molecule is COc1cc2c(cc1OC)[C@@H](c1ccccc1)N(Cc1nc3ccccc3c(=O)n1CC(N)=O)CC2. The molecule has 0 spiro atoms. The minimum absolute atomic E-state index is 0.111. The van der Waals surface area contributed by atoms with Crippen LogP contribution in [-0.2, 0) is 24.3 Å². The summed E-state index contributed by atoms with van der Waals surface area (Å²) < 4.78 is 12.6. The third kappa shape index (κ3) is 4.31. The highest BCUT2D eigenvalue weighted by molar-refractivity contribution is 5.78. The Labute approximate surface area is 208 Å². The molecule has 2 heterocycles. The van der Waals surface area contributed by atoms with Crippen LogP contribution in [0.1, 0.15) is 28.6 Å². The lowest BCUT2D eigenvalue weighted by Gasteiger charge is -2.38. The number of carbonyl (C=O) groups excluding carboxylic acids is 1. The van der Waals surface area contributed by atoms with Crippen LogP contribution in [-0.4, -0.2) is 41.1 Å². The molecule has 1 aliphatic rings. The van der Waals surface area contributed by atoms with Crippen LogP contribution >= 0.6 is 0 Å². The van der Waals surface area contributed by atoms with Crippen molar-refractivity contribution >= 4 is 16.8 Å². The smallest absolute Gasteiger partial charge is 0.261 e. The Morgan fingerprint density at radius 1 is 1.03 bits per heavy atom. The summed E-state index contributed by atoms with van der Waals surface area (Å²) in [6, 6.07) is 21.3. The number of fused-ring (bicyclic) bond motifs is 2. The van der Waals surface area contributed by atoms with E-state index in [1.165, 1.54) is 10.1 Å². The van der Waals surface area contributed by atoms with Crippen LogP contribution in [0.3, 0.4) is 0 Å². The lowest BCUT2D eigenvalue weighted by Crippen LogP contribution is -2.39. The van der Waals surface area contributed by atoms with Crippen LogP contribution < -0.4 is 20.8 Å². The second-order valence-corrected chi connectivity index (χ2v) is 8.84. The fourth-order valence-electron chi connectivity index (χ4n) is 5.03. The number of amides is 1. The predicted molar refractivity (Wildman–Crippen MR) is 137 cm³/mol. The molecule has 2 N–H and O–H groups in total. The van der Waals surface area contributed by atoms with Crippen molar-refractivity contribution in [1.82, 2.24) is 14.5 Å². The number of rotatable bonds is 7. The van der Waals surface area contributed by atoms with E-state index in [1.807, 2.05) is 42.5 Å². The Kier molecular flexibility index (Phi) is 6.43. The molecule has 3 aromatic carbocycles. The highest BCUT2D eigenvalue weighted by Crippen LogP contribution is 2.41. The second-order valence-electron chi connectivity index (χ2n) is 8.84. The van der Waals surface area contributed by atoms with E-state index in [0.717, 1.165) is 24.1 Å². The van der Waals surface area contributed by atoms with Crippen molar-refractivity contribution in [2.45, 2.75) is 25.6 Å². The predicted octanol–water partition coefficient (Wildman–Crippen LogP) is 3.05. The van der Waals surface area contributed by atoms with Gasteiger partial charge in [0.1, 0.15) is 12.4 Å². The van der Waals surface area contributed by atoms with Crippen LogP contribution in [0.25, 0.3) is 10.9 Å². The number of primary amides is 1. The maximum Gasteiger partial charge on any atom is 0.261 e. The molecule has 0 aliphatic carbocycles. The Morgan fingerprint density at radius 2 is 1.72 bits per heavy atom. The molecule has 0 unspecified atom stereocenters. The van der Waals surface area contributed by atoms with E-state index in [2.05, 4.69) is 17.0 Å². The minimum Gasteiger partial charge on any atom is -0.493 e. The van der Waals surface area contributed by atoms with E-state index < -0.39 is 5.91 Å². The van der Waals surface area contributed by atoms with E-state index in [4.69, 9.17) is 20.2 Å². The number of ether oxygens (including phenoxy) is 2. The van der Waals surface area contributed by atoms with Gasteiger partial charge in [-0.3, -0.25) is 19.1 Å². The van der Waals surface area contributed by atoms with Gasteiger partial charge in [-0.05, 0) is 47.4 Å². The van der Waals surface area contributed by atoms with Crippen molar-refractivity contribution in [1.29, 1.82) is 0 Å². The van der Waals surface area contributed by atoms with Crippen LogP contribution in [0, 0.1) is 0 Å². The molecule has 1 aromatic heterocycles. The Hall–Kier alpha value is -4.17. The van der Waals surface area contributed by atoms with Gasteiger partial charge in [0, 0.05) is 6.54 Å². The van der Waals surface area contributed by atoms with Gasteiger partial charge in [0.05, 0.1) is 37.7 Å². The maximum absolute atomic E-state index is 13.3. The molecular weight excluding hydrogens is 456 g/mol. The Bertz CT molecular complexity index is 1480. The number of para-hydroxylation sites is 1. The quantitative estimate of drug-likeness (QED) is 0.433. The summed E-state index contributed by atoms with van der Waals surface area (Å²) >= 11 is 0. The van der Waals surface area contributed by atoms with Crippen molar-refractivity contribution < 1.29 is 14.3 Å². The minimum atomic E-state index is -0.587. The number of hydrogen-bond acceptors (Lipinski definition) is 6. The van der Waals surface area contributed by atoms with Gasteiger partial charge in [-0.1, -0.05) is 42.5 Å². The number of carbonyl (C=O) groups is 1. The van der Waals surface area contributed by atoms with Crippen LogP contribution in [0.2, 0.25) is 0 Å². The first kappa shape index (κ1) is 23.6. The molecule has 0 saturated heterocycles. The summed E-state index contributed by atoms with van der Waals surface area (Å²) in [5.41, 5.74) is 9.23. The molecule has 1 amide bonds. The molecule has 1 aliphatic heterocycles. The largest absolute Gasteiger partial charge is 0.493 e. The van der Waals surface area contributed by atoms with Gasteiger partial charge >= 0.3 is 0 Å². The van der Waals surface area contributed by atoms with Gasteiger partial charge in [-0.2, -0.15) is 0 Å². The first-order valence-corrected chi connectivity index (χ1v) is 11.8. The van der Waals surface area contributed by atoms with Crippen LogP contribution in [0.4, 0.5) is 0 Å². The molecule has 8 nitrogen and oxygen atoms in total. The zero-order chi connectivity index (χ0) is 25.2. The van der Waals surface area contributed by atoms with Gasteiger partial charge < -0.3 is 15.2 Å². The summed E-state index contributed by atoms with van der Waals surface area (Å²) in [6.45, 7) is 0.861. The topological polar surface area (TPSA) is 99.7 Å². The van der Waals surface area contributed by atoms with Crippen molar-refractivity contribution in [3.8, 4) is 11.5 Å². The summed E-state index contributed by atoms with van der Waals surface area (Å²) in [4.78, 5) is 32.2. The summed E-state index contributed by atoms with van der Waals surface area (Å²) in [7, 11) is 3.27. The highest BCUT2D eigenvalue weighted by Gasteiger charge is 2.31. The molecular formula is C28H28N4O4. The van der Waals surface area contributed by atoms with Gasteiger partial charge in [0.15, 0.2) is 11.5 Å². The van der Waals surface area contributed by atoms with Crippen LogP contribution in [0.5, 0.6) is 11.5 Å². The number of aromatic nitrogens is 2. The van der Waals surface area contributed by atoms with Gasteiger partial charge in [-0.25, -0.2) is 4.98 Å². The lowest BCUT2D eigenvalue weighted by atomic mass is 9.87. The molecule has 5 rings (SSSR count). The molecule has 8 heteroatoms. The molecule has 0 bridgehead atoms. The van der Waals surface area contributed by atoms with Crippen LogP contribution in [0.15, 0.2) is 71.5 Å². The number of methoxy groups -OCH3 is 2. The fraction of sp³-hybridized carbons (Fsp3) is 0.250. The molecule has 0 saturated carbocycles. The molecule has 0 fully saturated rings. The number of hydrogen-bond donors (Lipinski definition) is 1. The maximum atomic E-state index is 13.3. The lowest BCUT2D eigenvalue weighted by molar-refractivity contribution is -0.118. The molecule has 0 radical (unpaired) electrons. The van der Waals surface area contributed by atoms with Crippen molar-refractivity contribution in [2.24, 2.45) is 5.73 Å². The van der Waals surface area contributed by atoms with Crippen molar-refractivity contribution in [2.75, 3.05) is 20.8 Å². The average Bonchev–Trinajstić information content (AvgIpc) is 2.90.